The van der Waals surface area contributed by atoms with Gasteiger partial charge in [0.2, 0.25) is 0 Å². The Hall–Kier alpha value is -2.35. The maximum atomic E-state index is 13.2. The minimum atomic E-state index is -2.72. The number of allylic oxidation sites excluding steroid dienone is 4. The third-order valence-electron chi connectivity index (χ3n) is 3.31. The first kappa shape index (κ1) is 19.7. The van der Waals surface area contributed by atoms with Crippen LogP contribution in [0.15, 0.2) is 45.3 Å². The molecule has 0 atom stereocenters. The number of nitrogens with zero attached hydrogens (tertiary/aromatic N) is 3. The zero-order valence-electron chi connectivity index (χ0n) is 13.9. The lowest BCUT2D eigenvalue weighted by Crippen LogP contribution is -2.35. The van der Waals surface area contributed by atoms with Crippen LogP contribution < -0.4 is 5.73 Å². The molecule has 1 heterocycles. The van der Waals surface area contributed by atoms with Crippen LogP contribution >= 0.6 is 0 Å². The Morgan fingerprint density at radius 3 is 2.46 bits per heavy atom. The Labute approximate surface area is 140 Å². The van der Waals surface area contributed by atoms with Crippen LogP contribution in [0.3, 0.4) is 0 Å². The van der Waals surface area contributed by atoms with E-state index in [1.807, 2.05) is 4.90 Å². The van der Waals surface area contributed by atoms with E-state index in [0.29, 0.717) is 32.1 Å². The SMILES string of the molecule is C/C=N/C(=C\C(=N)C(=C/N=C/N)/C(=C\C)C(F)F)N1CCOCC1. The quantitative estimate of drug-likeness (QED) is 0.424. The average molecular weight is 339 g/mol. The number of nitrogens with two attached hydrogens (primary N) is 1. The number of nitrogens with one attached hydrogen (secondary N) is 1. The summed E-state index contributed by atoms with van der Waals surface area (Å²) in [5, 5.41) is 8.21. The molecule has 1 fully saturated rings. The lowest BCUT2D eigenvalue weighted by molar-refractivity contribution is 0.0533. The smallest absolute Gasteiger partial charge is 0.264 e. The minimum Gasteiger partial charge on any atom is -0.390 e. The zero-order chi connectivity index (χ0) is 17.9. The summed E-state index contributed by atoms with van der Waals surface area (Å²) in [5.74, 6) is 0.526. The molecular formula is C16H23F2N5O. The summed E-state index contributed by atoms with van der Waals surface area (Å²) in [7, 11) is 0. The first-order chi connectivity index (χ1) is 11.5. The average Bonchev–Trinajstić information content (AvgIpc) is 2.58. The van der Waals surface area contributed by atoms with Gasteiger partial charge in [-0.15, -0.1) is 0 Å². The molecule has 1 saturated heterocycles. The normalized spacial score (nSPS) is 18.2. The second-order valence-electron chi connectivity index (χ2n) is 4.79. The van der Waals surface area contributed by atoms with Gasteiger partial charge in [-0.3, -0.25) is 0 Å². The van der Waals surface area contributed by atoms with Gasteiger partial charge < -0.3 is 20.8 Å². The van der Waals surface area contributed by atoms with Crippen molar-refractivity contribution < 1.29 is 13.5 Å². The summed E-state index contributed by atoms with van der Waals surface area (Å²) in [4.78, 5) is 9.88. The van der Waals surface area contributed by atoms with Crippen molar-refractivity contribution in [3.05, 3.63) is 35.3 Å². The first-order valence-corrected chi connectivity index (χ1v) is 7.55. The maximum absolute atomic E-state index is 13.2. The highest BCUT2D eigenvalue weighted by molar-refractivity contribution is 6.09. The van der Waals surface area contributed by atoms with Crippen molar-refractivity contribution in [3.63, 3.8) is 0 Å². The van der Waals surface area contributed by atoms with Crippen molar-refractivity contribution >= 4 is 18.3 Å². The van der Waals surface area contributed by atoms with Gasteiger partial charge in [0.25, 0.3) is 6.43 Å². The van der Waals surface area contributed by atoms with E-state index in [9.17, 15) is 8.78 Å². The van der Waals surface area contributed by atoms with Crippen molar-refractivity contribution in [2.45, 2.75) is 20.3 Å². The van der Waals surface area contributed by atoms with E-state index in [-0.39, 0.29) is 16.9 Å². The number of rotatable bonds is 7. The fraction of sp³-hybridized carbons (Fsp3) is 0.438. The number of aliphatic imine (C=N–C) groups is 2. The predicted octanol–water partition coefficient (Wildman–Crippen LogP) is 2.35. The topological polar surface area (TPSA) is 87.1 Å². The van der Waals surface area contributed by atoms with Gasteiger partial charge in [0, 0.05) is 42.7 Å². The van der Waals surface area contributed by atoms with Gasteiger partial charge in [0.15, 0.2) is 0 Å². The molecule has 132 valence electrons. The van der Waals surface area contributed by atoms with Crippen LogP contribution in [0.4, 0.5) is 8.78 Å². The Bertz CT molecular complexity index is 573. The Morgan fingerprint density at radius 2 is 1.96 bits per heavy atom. The van der Waals surface area contributed by atoms with E-state index in [0.717, 1.165) is 12.5 Å². The summed E-state index contributed by atoms with van der Waals surface area (Å²) in [6.07, 6.45) is 3.75. The fourth-order valence-corrected chi connectivity index (χ4v) is 2.16. The molecule has 6 nitrogen and oxygen atoms in total. The highest BCUT2D eigenvalue weighted by Gasteiger charge is 2.20. The van der Waals surface area contributed by atoms with Gasteiger partial charge >= 0.3 is 0 Å². The second kappa shape index (κ2) is 10.4. The van der Waals surface area contributed by atoms with Gasteiger partial charge in [0.1, 0.15) is 5.82 Å². The van der Waals surface area contributed by atoms with Crippen LogP contribution in [0.25, 0.3) is 0 Å². The van der Waals surface area contributed by atoms with Crippen molar-refractivity contribution in [1.82, 2.24) is 4.90 Å². The Balaban J connectivity index is 3.19. The third-order valence-corrected chi connectivity index (χ3v) is 3.31. The summed E-state index contributed by atoms with van der Waals surface area (Å²) < 4.78 is 31.7. The van der Waals surface area contributed by atoms with E-state index < -0.39 is 6.43 Å². The molecule has 0 aliphatic carbocycles. The summed E-state index contributed by atoms with van der Waals surface area (Å²) in [6, 6.07) is 0. The summed E-state index contributed by atoms with van der Waals surface area (Å²) in [6.45, 7) is 5.61. The second-order valence-corrected chi connectivity index (χ2v) is 4.79. The molecule has 8 heteroatoms. The third kappa shape index (κ3) is 5.69. The fourth-order valence-electron chi connectivity index (χ4n) is 2.16. The molecule has 0 unspecified atom stereocenters. The van der Waals surface area contributed by atoms with Crippen molar-refractivity contribution in [3.8, 4) is 0 Å². The molecule has 1 aliphatic heterocycles. The van der Waals surface area contributed by atoms with Crippen LogP contribution in [-0.4, -0.2) is 55.9 Å². The molecule has 1 aliphatic rings. The highest BCUT2D eigenvalue weighted by atomic mass is 19.3. The molecule has 24 heavy (non-hydrogen) atoms. The molecule has 3 N–H and O–H groups in total. The number of alkyl halides is 2. The van der Waals surface area contributed by atoms with Gasteiger partial charge in [-0.05, 0) is 13.8 Å². The monoisotopic (exact) mass is 339 g/mol. The van der Waals surface area contributed by atoms with Crippen LogP contribution in [0.2, 0.25) is 0 Å². The number of hydrogen-bond donors (Lipinski definition) is 2. The molecule has 0 aromatic heterocycles. The molecule has 0 spiro atoms. The zero-order valence-corrected chi connectivity index (χ0v) is 13.9. The molecule has 0 saturated carbocycles. The van der Waals surface area contributed by atoms with Crippen molar-refractivity contribution in [2.75, 3.05) is 26.3 Å². The molecule has 0 aromatic rings. The number of morpholine rings is 1. The lowest BCUT2D eigenvalue weighted by Gasteiger charge is -2.29. The number of ether oxygens (including phenoxy) is 1. The van der Waals surface area contributed by atoms with E-state index in [4.69, 9.17) is 15.9 Å². The predicted molar refractivity (Wildman–Crippen MR) is 92.9 cm³/mol. The lowest BCUT2D eigenvalue weighted by atomic mass is 10.0. The number of hydrogen-bond acceptors (Lipinski definition) is 5. The molecule has 0 amide bonds. The minimum absolute atomic E-state index is 0.00580. The highest BCUT2D eigenvalue weighted by Crippen LogP contribution is 2.21. The summed E-state index contributed by atoms with van der Waals surface area (Å²) >= 11 is 0. The maximum Gasteiger partial charge on any atom is 0.264 e. The van der Waals surface area contributed by atoms with Gasteiger partial charge in [-0.2, -0.15) is 0 Å². The standard InChI is InChI=1S/C16H23F2N5O/c1-3-12(16(17)18)13(10-21-11-19)14(20)9-15(22-4-2)23-5-7-24-8-6-23/h3-4,9-11,16,20H,5-8H2,1-2H3,(H2,19,21)/b12-3+,13-10+,15-9+,20-14?,22-4+. The Morgan fingerprint density at radius 1 is 1.29 bits per heavy atom. The van der Waals surface area contributed by atoms with Gasteiger partial charge in [-0.1, -0.05) is 6.08 Å². The van der Waals surface area contributed by atoms with Crippen LogP contribution in [0.5, 0.6) is 0 Å². The van der Waals surface area contributed by atoms with Crippen molar-refractivity contribution in [1.29, 1.82) is 5.41 Å². The van der Waals surface area contributed by atoms with Gasteiger partial charge in [0.05, 0.1) is 25.3 Å². The van der Waals surface area contributed by atoms with E-state index >= 15 is 0 Å². The molecule has 0 bridgehead atoms. The summed E-state index contributed by atoms with van der Waals surface area (Å²) in [5.41, 5.74) is 4.81. The number of halogens is 2. The van der Waals surface area contributed by atoms with Crippen LogP contribution in [-0.2, 0) is 4.74 Å². The molecule has 1 rings (SSSR count). The van der Waals surface area contributed by atoms with E-state index in [1.165, 1.54) is 19.1 Å². The molecule has 0 radical (unpaired) electrons. The Kier molecular flexibility index (Phi) is 8.56. The van der Waals surface area contributed by atoms with E-state index in [2.05, 4.69) is 9.98 Å². The van der Waals surface area contributed by atoms with Gasteiger partial charge in [-0.25, -0.2) is 18.8 Å². The van der Waals surface area contributed by atoms with Crippen LogP contribution in [0.1, 0.15) is 13.8 Å². The molecular weight excluding hydrogens is 316 g/mol. The molecule has 0 aromatic carbocycles. The van der Waals surface area contributed by atoms with Crippen molar-refractivity contribution in [2.24, 2.45) is 15.7 Å². The first-order valence-electron chi connectivity index (χ1n) is 7.55. The van der Waals surface area contributed by atoms with Crippen LogP contribution in [0, 0.1) is 5.41 Å². The largest absolute Gasteiger partial charge is 0.390 e. The van der Waals surface area contributed by atoms with E-state index in [1.54, 1.807) is 13.1 Å².